The summed E-state index contributed by atoms with van der Waals surface area (Å²) in [6.45, 7) is 4.98. The van der Waals surface area contributed by atoms with Gasteiger partial charge in [0.2, 0.25) is 5.91 Å². The van der Waals surface area contributed by atoms with Crippen LogP contribution >= 0.6 is 0 Å². The second-order valence-electron chi connectivity index (χ2n) is 5.12. The lowest BCUT2D eigenvalue weighted by Crippen LogP contribution is -2.52. The summed E-state index contributed by atoms with van der Waals surface area (Å²) >= 11 is 0. The molecule has 0 aromatic rings. The quantitative estimate of drug-likeness (QED) is 0.821. The summed E-state index contributed by atoms with van der Waals surface area (Å²) in [5.41, 5.74) is 0. The molecule has 0 aliphatic carbocycles. The van der Waals surface area contributed by atoms with Gasteiger partial charge in [0.05, 0.1) is 6.04 Å². The van der Waals surface area contributed by atoms with Crippen LogP contribution in [0.5, 0.6) is 0 Å². The van der Waals surface area contributed by atoms with Crippen LogP contribution in [0.2, 0.25) is 0 Å². The van der Waals surface area contributed by atoms with Crippen molar-refractivity contribution in [3.05, 3.63) is 0 Å². The lowest BCUT2D eigenvalue weighted by atomic mass is 10.0. The molecular weight excluding hydrogens is 230 g/mol. The Balaban J connectivity index is 1.94. The first-order valence-corrected chi connectivity index (χ1v) is 7.04. The van der Waals surface area contributed by atoms with Gasteiger partial charge in [0.15, 0.2) is 0 Å². The number of nitrogens with zero attached hydrogens (tertiary/aromatic N) is 2. The van der Waals surface area contributed by atoms with Crippen LogP contribution in [0.1, 0.15) is 39.0 Å². The predicted molar refractivity (Wildman–Crippen MR) is 69.2 cm³/mol. The standard InChI is InChI=1S/C13H23N3O2/c1-2-14-13(18)16-9-4-3-6-11(16)10-15-8-5-7-12(15)17/h11H,2-10H2,1H3,(H,14,18)/t11-/m1/s1. The third kappa shape index (κ3) is 2.94. The molecule has 2 aliphatic heterocycles. The van der Waals surface area contributed by atoms with E-state index in [2.05, 4.69) is 5.32 Å². The van der Waals surface area contributed by atoms with Gasteiger partial charge in [-0.15, -0.1) is 0 Å². The van der Waals surface area contributed by atoms with Crippen LogP contribution in [0.25, 0.3) is 0 Å². The summed E-state index contributed by atoms with van der Waals surface area (Å²) in [7, 11) is 0. The second-order valence-corrected chi connectivity index (χ2v) is 5.12. The predicted octanol–water partition coefficient (Wildman–Crippen LogP) is 1.19. The Kier molecular flexibility index (Phi) is 4.44. The minimum atomic E-state index is 0.0221. The van der Waals surface area contributed by atoms with Crippen LogP contribution in [0, 0.1) is 0 Å². The maximum atomic E-state index is 12.0. The average Bonchev–Trinajstić information content (AvgIpc) is 2.76. The molecule has 2 fully saturated rings. The highest BCUT2D eigenvalue weighted by molar-refractivity contribution is 5.78. The SMILES string of the molecule is CCNC(=O)N1CCCC[C@@H]1CN1CCCC1=O. The molecule has 1 N–H and O–H groups in total. The Morgan fingerprint density at radius 2 is 2.17 bits per heavy atom. The molecule has 2 heterocycles. The fraction of sp³-hybridized carbons (Fsp3) is 0.846. The van der Waals surface area contributed by atoms with Crippen LogP contribution in [-0.4, -0.2) is 54.0 Å². The molecule has 3 amide bonds. The van der Waals surface area contributed by atoms with E-state index >= 15 is 0 Å². The third-order valence-electron chi connectivity index (χ3n) is 3.82. The molecule has 2 saturated heterocycles. The first-order valence-electron chi connectivity index (χ1n) is 7.04. The Morgan fingerprint density at radius 1 is 1.33 bits per heavy atom. The highest BCUT2D eigenvalue weighted by atomic mass is 16.2. The maximum absolute atomic E-state index is 12.0. The fourth-order valence-electron chi connectivity index (χ4n) is 2.86. The van der Waals surface area contributed by atoms with Crippen molar-refractivity contribution >= 4 is 11.9 Å². The van der Waals surface area contributed by atoms with Crippen molar-refractivity contribution in [1.29, 1.82) is 0 Å². The second kappa shape index (κ2) is 6.07. The highest BCUT2D eigenvalue weighted by Gasteiger charge is 2.30. The molecule has 0 radical (unpaired) electrons. The van der Waals surface area contributed by atoms with E-state index in [0.717, 1.165) is 45.3 Å². The van der Waals surface area contributed by atoms with Gasteiger partial charge in [-0.3, -0.25) is 4.79 Å². The molecule has 0 aromatic heterocycles. The zero-order valence-electron chi connectivity index (χ0n) is 11.2. The summed E-state index contributed by atoms with van der Waals surface area (Å²) in [5.74, 6) is 0.247. The van der Waals surface area contributed by atoms with Crippen molar-refractivity contribution in [2.45, 2.75) is 45.1 Å². The lowest BCUT2D eigenvalue weighted by molar-refractivity contribution is -0.128. The van der Waals surface area contributed by atoms with Crippen LogP contribution in [-0.2, 0) is 4.79 Å². The largest absolute Gasteiger partial charge is 0.341 e. The third-order valence-corrected chi connectivity index (χ3v) is 3.82. The molecule has 5 nitrogen and oxygen atoms in total. The van der Waals surface area contributed by atoms with Gasteiger partial charge in [-0.25, -0.2) is 4.79 Å². The lowest BCUT2D eigenvalue weighted by Gasteiger charge is -2.37. The monoisotopic (exact) mass is 253 g/mol. The fourth-order valence-corrected chi connectivity index (χ4v) is 2.86. The summed E-state index contributed by atoms with van der Waals surface area (Å²) in [4.78, 5) is 27.5. The zero-order valence-corrected chi connectivity index (χ0v) is 11.2. The molecule has 0 spiro atoms. The molecule has 5 heteroatoms. The van der Waals surface area contributed by atoms with Gasteiger partial charge < -0.3 is 15.1 Å². The number of carbonyl (C=O) groups excluding carboxylic acids is 2. The molecule has 2 rings (SSSR count). The maximum Gasteiger partial charge on any atom is 0.317 e. The molecule has 1 atom stereocenters. The van der Waals surface area contributed by atoms with E-state index in [0.29, 0.717) is 13.0 Å². The summed E-state index contributed by atoms with van der Waals surface area (Å²) in [6.07, 6.45) is 4.88. The highest BCUT2D eigenvalue weighted by Crippen LogP contribution is 2.20. The van der Waals surface area contributed by atoms with Crippen LogP contribution < -0.4 is 5.32 Å². The van der Waals surface area contributed by atoms with Gasteiger partial charge in [-0.05, 0) is 32.6 Å². The van der Waals surface area contributed by atoms with Gasteiger partial charge in [-0.2, -0.15) is 0 Å². The zero-order chi connectivity index (χ0) is 13.0. The van der Waals surface area contributed by atoms with Crippen molar-refractivity contribution in [3.63, 3.8) is 0 Å². The van der Waals surface area contributed by atoms with Crippen LogP contribution in [0.15, 0.2) is 0 Å². The summed E-state index contributed by atoms with van der Waals surface area (Å²) < 4.78 is 0. The van der Waals surface area contributed by atoms with E-state index in [1.54, 1.807) is 0 Å². The number of hydrogen-bond donors (Lipinski definition) is 1. The van der Waals surface area contributed by atoms with Crippen molar-refractivity contribution in [2.24, 2.45) is 0 Å². The van der Waals surface area contributed by atoms with Crippen molar-refractivity contribution in [1.82, 2.24) is 15.1 Å². The van der Waals surface area contributed by atoms with Crippen molar-refractivity contribution in [2.75, 3.05) is 26.2 Å². The van der Waals surface area contributed by atoms with E-state index in [-0.39, 0.29) is 18.0 Å². The molecule has 0 bridgehead atoms. The number of likely N-dealkylation sites (tertiary alicyclic amines) is 2. The molecular formula is C13H23N3O2. The van der Waals surface area contributed by atoms with Crippen LogP contribution in [0.3, 0.4) is 0 Å². The number of amides is 3. The van der Waals surface area contributed by atoms with Gasteiger partial charge in [0.25, 0.3) is 0 Å². The Hall–Kier alpha value is -1.26. The van der Waals surface area contributed by atoms with Gasteiger partial charge in [-0.1, -0.05) is 0 Å². The summed E-state index contributed by atoms with van der Waals surface area (Å²) in [6, 6.07) is 0.223. The number of rotatable bonds is 3. The van der Waals surface area contributed by atoms with Gasteiger partial charge in [0.1, 0.15) is 0 Å². The molecule has 0 saturated carbocycles. The van der Waals surface area contributed by atoms with E-state index in [4.69, 9.17) is 0 Å². The minimum absolute atomic E-state index is 0.0221. The number of nitrogens with one attached hydrogen (secondary N) is 1. The molecule has 0 aromatic carbocycles. The molecule has 0 unspecified atom stereocenters. The first-order chi connectivity index (χ1) is 8.72. The van der Waals surface area contributed by atoms with Gasteiger partial charge >= 0.3 is 6.03 Å². The van der Waals surface area contributed by atoms with E-state index in [1.807, 2.05) is 16.7 Å². The first kappa shape index (κ1) is 13.2. The number of urea groups is 1. The Labute approximate surface area is 108 Å². The average molecular weight is 253 g/mol. The van der Waals surface area contributed by atoms with Crippen molar-refractivity contribution < 1.29 is 9.59 Å². The smallest absolute Gasteiger partial charge is 0.317 e. The van der Waals surface area contributed by atoms with Crippen molar-refractivity contribution in [3.8, 4) is 0 Å². The topological polar surface area (TPSA) is 52.7 Å². The Bertz CT molecular complexity index is 319. The molecule has 2 aliphatic rings. The van der Waals surface area contributed by atoms with Gasteiger partial charge in [0, 0.05) is 32.6 Å². The molecule has 18 heavy (non-hydrogen) atoms. The van der Waals surface area contributed by atoms with E-state index in [9.17, 15) is 9.59 Å². The minimum Gasteiger partial charge on any atom is -0.341 e. The van der Waals surface area contributed by atoms with E-state index < -0.39 is 0 Å². The summed E-state index contributed by atoms with van der Waals surface area (Å²) in [5, 5.41) is 2.86. The van der Waals surface area contributed by atoms with E-state index in [1.165, 1.54) is 0 Å². The number of piperidine rings is 1. The van der Waals surface area contributed by atoms with Crippen LogP contribution in [0.4, 0.5) is 4.79 Å². The Morgan fingerprint density at radius 3 is 2.83 bits per heavy atom. The number of carbonyl (C=O) groups is 2. The normalized spacial score (nSPS) is 24.5. The molecule has 102 valence electrons. The number of hydrogen-bond acceptors (Lipinski definition) is 2.